The van der Waals surface area contributed by atoms with Crippen LogP contribution in [0.5, 0.6) is 0 Å². The second-order valence-corrected chi connectivity index (χ2v) is 5.44. The molecule has 1 N–H and O–H groups in total. The summed E-state index contributed by atoms with van der Waals surface area (Å²) in [5.41, 5.74) is 2.43. The van der Waals surface area contributed by atoms with Crippen molar-refractivity contribution in [2.24, 2.45) is 0 Å². The number of anilines is 1. The molecule has 0 unspecified atom stereocenters. The van der Waals surface area contributed by atoms with Crippen LogP contribution >= 0.6 is 27.5 Å². The van der Waals surface area contributed by atoms with Crippen molar-refractivity contribution in [2.75, 3.05) is 12.4 Å². The lowest BCUT2D eigenvalue weighted by atomic mass is 10.2. The maximum atomic E-state index is 11.4. The van der Waals surface area contributed by atoms with Crippen LogP contribution < -0.4 is 5.32 Å². The van der Waals surface area contributed by atoms with E-state index in [1.165, 1.54) is 7.11 Å². The molecule has 0 amide bonds. The van der Waals surface area contributed by atoms with E-state index >= 15 is 0 Å². The fourth-order valence-corrected chi connectivity index (χ4v) is 2.18. The van der Waals surface area contributed by atoms with E-state index in [9.17, 15) is 4.79 Å². The Morgan fingerprint density at radius 3 is 2.80 bits per heavy atom. The van der Waals surface area contributed by atoms with Crippen LogP contribution in [-0.2, 0) is 11.3 Å². The molecule has 0 spiro atoms. The minimum atomic E-state index is -0.347. The molecule has 0 aliphatic rings. The van der Waals surface area contributed by atoms with Crippen molar-refractivity contribution in [2.45, 2.75) is 6.54 Å². The van der Waals surface area contributed by atoms with Crippen molar-refractivity contribution in [1.29, 1.82) is 0 Å². The smallest absolute Gasteiger partial charge is 0.337 e. The van der Waals surface area contributed by atoms with Gasteiger partial charge in [-0.1, -0.05) is 23.7 Å². The largest absolute Gasteiger partial charge is 0.465 e. The minimum absolute atomic E-state index is 0.347. The molecule has 0 saturated carbocycles. The van der Waals surface area contributed by atoms with Gasteiger partial charge in [-0.25, -0.2) is 4.79 Å². The first-order chi connectivity index (χ1) is 9.60. The van der Waals surface area contributed by atoms with Gasteiger partial charge in [0.2, 0.25) is 0 Å². The van der Waals surface area contributed by atoms with E-state index in [1.54, 1.807) is 12.1 Å². The molecule has 104 valence electrons. The molecule has 0 radical (unpaired) electrons. The summed E-state index contributed by atoms with van der Waals surface area (Å²) in [5.74, 6) is -0.347. The summed E-state index contributed by atoms with van der Waals surface area (Å²) in [6, 6.07) is 13.0. The number of methoxy groups -OCH3 is 1. The van der Waals surface area contributed by atoms with Gasteiger partial charge in [0.05, 0.1) is 17.7 Å². The van der Waals surface area contributed by atoms with Crippen molar-refractivity contribution in [1.82, 2.24) is 0 Å². The molecule has 20 heavy (non-hydrogen) atoms. The lowest BCUT2D eigenvalue weighted by molar-refractivity contribution is 0.0601. The summed E-state index contributed by atoms with van der Waals surface area (Å²) < 4.78 is 5.56. The van der Waals surface area contributed by atoms with E-state index in [1.807, 2.05) is 30.3 Å². The number of rotatable bonds is 4. The fraction of sp³-hybridized carbons (Fsp3) is 0.133. The van der Waals surface area contributed by atoms with Gasteiger partial charge in [-0.3, -0.25) is 0 Å². The van der Waals surface area contributed by atoms with Crippen LogP contribution in [0.2, 0.25) is 5.02 Å². The summed E-state index contributed by atoms with van der Waals surface area (Å²) in [4.78, 5) is 11.4. The summed E-state index contributed by atoms with van der Waals surface area (Å²) in [5, 5.41) is 3.92. The summed E-state index contributed by atoms with van der Waals surface area (Å²) >= 11 is 9.40. The molecule has 0 atom stereocenters. The van der Waals surface area contributed by atoms with Crippen molar-refractivity contribution >= 4 is 39.2 Å². The molecule has 0 saturated heterocycles. The Balaban J connectivity index is 2.07. The Morgan fingerprint density at radius 2 is 2.10 bits per heavy atom. The number of esters is 1. The normalized spacial score (nSPS) is 10.2. The van der Waals surface area contributed by atoms with Crippen molar-refractivity contribution < 1.29 is 9.53 Å². The number of halogens is 2. The first kappa shape index (κ1) is 14.9. The minimum Gasteiger partial charge on any atom is -0.465 e. The lowest BCUT2D eigenvalue weighted by Crippen LogP contribution is -2.03. The average Bonchev–Trinajstić information content (AvgIpc) is 2.48. The third kappa shape index (κ3) is 3.74. The number of benzene rings is 2. The van der Waals surface area contributed by atoms with Crippen molar-refractivity contribution in [3.63, 3.8) is 0 Å². The van der Waals surface area contributed by atoms with Crippen molar-refractivity contribution in [3.8, 4) is 0 Å². The number of nitrogens with one attached hydrogen (secondary N) is 1. The van der Waals surface area contributed by atoms with Crippen LogP contribution in [0.15, 0.2) is 46.9 Å². The zero-order valence-electron chi connectivity index (χ0n) is 10.8. The summed E-state index contributed by atoms with van der Waals surface area (Å²) in [6.45, 7) is 0.623. The fourth-order valence-electron chi connectivity index (χ4n) is 1.73. The highest BCUT2D eigenvalue weighted by atomic mass is 79.9. The number of carbonyl (C=O) groups excluding carboxylic acids is 1. The van der Waals surface area contributed by atoms with E-state index in [2.05, 4.69) is 21.2 Å². The van der Waals surface area contributed by atoms with Gasteiger partial charge >= 0.3 is 5.97 Å². The molecule has 2 rings (SSSR count). The van der Waals surface area contributed by atoms with Gasteiger partial charge in [-0.05, 0) is 51.8 Å². The number of carbonyl (C=O) groups is 1. The Morgan fingerprint density at radius 1 is 1.30 bits per heavy atom. The highest BCUT2D eigenvalue weighted by Crippen LogP contribution is 2.23. The molecule has 0 bridgehead atoms. The molecular formula is C15H13BrClNO2. The Labute approximate surface area is 131 Å². The summed E-state index contributed by atoms with van der Waals surface area (Å²) in [7, 11) is 1.37. The maximum absolute atomic E-state index is 11.4. The number of hydrogen-bond donors (Lipinski definition) is 1. The number of hydrogen-bond acceptors (Lipinski definition) is 3. The Kier molecular flexibility index (Phi) is 5.04. The molecule has 0 aliphatic carbocycles. The predicted octanol–water partition coefficient (Wildman–Crippen LogP) is 4.50. The monoisotopic (exact) mass is 353 g/mol. The van der Waals surface area contributed by atoms with Crippen LogP contribution in [0.1, 0.15) is 15.9 Å². The Bertz CT molecular complexity index is 631. The van der Waals surface area contributed by atoms with Gasteiger partial charge in [0.1, 0.15) is 0 Å². The highest BCUT2D eigenvalue weighted by molar-refractivity contribution is 9.10. The second-order valence-electron chi connectivity index (χ2n) is 4.17. The van der Waals surface area contributed by atoms with E-state index in [-0.39, 0.29) is 5.97 Å². The topological polar surface area (TPSA) is 38.3 Å². The van der Waals surface area contributed by atoms with E-state index in [4.69, 9.17) is 16.3 Å². The van der Waals surface area contributed by atoms with Gasteiger partial charge in [-0.2, -0.15) is 0 Å². The first-order valence-electron chi connectivity index (χ1n) is 5.96. The van der Waals surface area contributed by atoms with Crippen LogP contribution in [0.3, 0.4) is 0 Å². The molecule has 0 aliphatic heterocycles. The van der Waals surface area contributed by atoms with Gasteiger partial charge in [0.15, 0.2) is 0 Å². The van der Waals surface area contributed by atoms with E-state index in [0.717, 1.165) is 15.7 Å². The van der Waals surface area contributed by atoms with Crippen LogP contribution in [-0.4, -0.2) is 13.1 Å². The zero-order valence-corrected chi connectivity index (χ0v) is 13.2. The molecule has 0 fully saturated rings. The number of ether oxygens (including phenoxy) is 1. The molecule has 3 nitrogen and oxygen atoms in total. The molecule has 0 aromatic heterocycles. The second kappa shape index (κ2) is 6.77. The molecule has 5 heteroatoms. The zero-order chi connectivity index (χ0) is 14.5. The van der Waals surface area contributed by atoms with Gasteiger partial charge in [0.25, 0.3) is 0 Å². The quantitative estimate of drug-likeness (QED) is 0.822. The van der Waals surface area contributed by atoms with E-state index in [0.29, 0.717) is 17.1 Å². The lowest BCUT2D eigenvalue weighted by Gasteiger charge is -2.08. The maximum Gasteiger partial charge on any atom is 0.337 e. The van der Waals surface area contributed by atoms with Crippen LogP contribution in [0, 0.1) is 0 Å². The van der Waals surface area contributed by atoms with Crippen molar-refractivity contribution in [3.05, 3.63) is 63.1 Å². The average molecular weight is 355 g/mol. The highest BCUT2D eigenvalue weighted by Gasteiger charge is 2.05. The first-order valence-corrected chi connectivity index (χ1v) is 7.13. The summed E-state index contributed by atoms with van der Waals surface area (Å²) in [6.07, 6.45) is 0. The SMILES string of the molecule is COC(=O)c1cccc(NCc2ccc(Br)c(Cl)c2)c1. The standard InChI is InChI=1S/C15H13BrClNO2/c1-20-15(19)11-3-2-4-12(8-11)18-9-10-5-6-13(16)14(17)7-10/h2-8,18H,9H2,1H3. The van der Waals surface area contributed by atoms with Crippen LogP contribution in [0.25, 0.3) is 0 Å². The van der Waals surface area contributed by atoms with Gasteiger partial charge in [0, 0.05) is 16.7 Å². The van der Waals surface area contributed by atoms with Gasteiger partial charge < -0.3 is 10.1 Å². The van der Waals surface area contributed by atoms with E-state index < -0.39 is 0 Å². The third-order valence-electron chi connectivity index (χ3n) is 2.76. The molecular weight excluding hydrogens is 342 g/mol. The molecule has 0 heterocycles. The van der Waals surface area contributed by atoms with Crippen LogP contribution in [0.4, 0.5) is 5.69 Å². The van der Waals surface area contributed by atoms with Gasteiger partial charge in [-0.15, -0.1) is 0 Å². The predicted molar refractivity (Wildman–Crippen MR) is 84.3 cm³/mol. The third-order valence-corrected chi connectivity index (χ3v) is 4.00. The Hall–Kier alpha value is -1.52. The molecule has 2 aromatic carbocycles. The molecule has 2 aromatic rings.